The maximum absolute atomic E-state index is 12.7. The van der Waals surface area contributed by atoms with E-state index in [1.165, 1.54) is 32.4 Å². The lowest BCUT2D eigenvalue weighted by Crippen LogP contribution is -2.18. The Labute approximate surface area is 147 Å². The van der Waals surface area contributed by atoms with Crippen LogP contribution in [0, 0.1) is 0 Å². The van der Waals surface area contributed by atoms with E-state index in [-0.39, 0.29) is 34.1 Å². The SMILES string of the molecule is COc1nc(OC)nc(C(=O)c2cccc(Cl)c2NS(=O)(=O)CF)n1. The third-order valence-corrected chi connectivity index (χ3v) is 3.94. The predicted octanol–water partition coefficient (Wildman–Crippen LogP) is 1.44. The van der Waals surface area contributed by atoms with E-state index in [0.717, 1.165) is 0 Å². The number of carbonyl (C=O) groups is 1. The van der Waals surface area contributed by atoms with Crippen molar-refractivity contribution in [3.63, 3.8) is 0 Å². The summed E-state index contributed by atoms with van der Waals surface area (Å²) in [7, 11) is -1.75. The van der Waals surface area contributed by atoms with Crippen LogP contribution in [0.25, 0.3) is 0 Å². The van der Waals surface area contributed by atoms with E-state index in [0.29, 0.717) is 0 Å². The second-order valence-corrected chi connectivity index (χ2v) is 6.51. The fourth-order valence-electron chi connectivity index (χ4n) is 1.74. The lowest BCUT2D eigenvalue weighted by Gasteiger charge is -2.12. The van der Waals surface area contributed by atoms with E-state index < -0.39 is 21.8 Å². The first-order chi connectivity index (χ1) is 11.8. The van der Waals surface area contributed by atoms with E-state index >= 15 is 0 Å². The number of hydrogen-bond acceptors (Lipinski definition) is 8. The number of hydrogen-bond donors (Lipinski definition) is 1. The number of ketones is 1. The van der Waals surface area contributed by atoms with Crippen LogP contribution in [-0.2, 0) is 10.0 Å². The average Bonchev–Trinajstić information content (AvgIpc) is 2.62. The number of sulfonamides is 1. The van der Waals surface area contributed by atoms with Gasteiger partial charge in [-0.25, -0.2) is 12.8 Å². The highest BCUT2D eigenvalue weighted by atomic mass is 35.5. The standard InChI is InChI=1S/C13H12ClFN4O5S/c1-23-12-16-11(17-13(18-12)24-2)10(20)7-4-3-5-8(14)9(7)19-25(21,22)6-15/h3-5,19H,6H2,1-2H3. The van der Waals surface area contributed by atoms with Crippen molar-refractivity contribution < 1.29 is 27.1 Å². The minimum atomic E-state index is -4.31. The van der Waals surface area contributed by atoms with Crippen LogP contribution in [0.1, 0.15) is 16.2 Å². The van der Waals surface area contributed by atoms with Gasteiger partial charge < -0.3 is 9.47 Å². The number of methoxy groups -OCH3 is 2. The van der Waals surface area contributed by atoms with E-state index in [4.69, 9.17) is 21.1 Å². The van der Waals surface area contributed by atoms with Crippen LogP contribution in [0.15, 0.2) is 18.2 Å². The molecule has 0 amide bonds. The summed E-state index contributed by atoms with van der Waals surface area (Å²) in [6.45, 7) is 0. The Morgan fingerprint density at radius 1 is 1.20 bits per heavy atom. The average molecular weight is 391 g/mol. The normalized spacial score (nSPS) is 11.0. The molecule has 1 N–H and O–H groups in total. The molecule has 1 heterocycles. The summed E-state index contributed by atoms with van der Waals surface area (Å²) in [4.78, 5) is 24.0. The molecule has 12 heteroatoms. The summed E-state index contributed by atoms with van der Waals surface area (Å²) in [5.41, 5.74) is -0.468. The molecule has 2 rings (SSSR count). The molecule has 0 fully saturated rings. The topological polar surface area (TPSA) is 120 Å². The number of aromatic nitrogens is 3. The maximum atomic E-state index is 12.7. The molecule has 0 saturated heterocycles. The molecule has 0 bridgehead atoms. The van der Waals surface area contributed by atoms with Gasteiger partial charge in [0.05, 0.1) is 30.5 Å². The van der Waals surface area contributed by atoms with E-state index in [1.807, 2.05) is 4.72 Å². The smallest absolute Gasteiger partial charge is 0.323 e. The molecule has 0 aliphatic rings. The Morgan fingerprint density at radius 3 is 2.32 bits per heavy atom. The van der Waals surface area contributed by atoms with Gasteiger partial charge in [0.15, 0.2) is 0 Å². The largest absolute Gasteiger partial charge is 0.467 e. The maximum Gasteiger partial charge on any atom is 0.323 e. The molecule has 0 radical (unpaired) electrons. The Balaban J connectivity index is 2.55. The summed E-state index contributed by atoms with van der Waals surface area (Å²) in [5, 5.41) is -0.101. The zero-order chi connectivity index (χ0) is 18.6. The Bertz CT molecular complexity index is 887. The van der Waals surface area contributed by atoms with Crippen LogP contribution in [0.4, 0.5) is 10.1 Å². The molecule has 1 aromatic carbocycles. The molecule has 0 atom stereocenters. The summed E-state index contributed by atoms with van der Waals surface area (Å²) in [5.74, 6) is -1.16. The van der Waals surface area contributed by atoms with Crippen LogP contribution >= 0.6 is 11.6 Å². The fourth-order valence-corrected chi connectivity index (χ4v) is 2.61. The zero-order valence-electron chi connectivity index (χ0n) is 13.0. The first-order valence-corrected chi connectivity index (χ1v) is 8.58. The number of para-hydroxylation sites is 1. The van der Waals surface area contributed by atoms with Crippen molar-refractivity contribution in [2.45, 2.75) is 0 Å². The Hall–Kier alpha value is -2.53. The highest BCUT2D eigenvalue weighted by Gasteiger charge is 2.23. The second kappa shape index (κ2) is 7.57. The van der Waals surface area contributed by atoms with Gasteiger partial charge in [-0.05, 0) is 12.1 Å². The molecule has 2 aromatic rings. The van der Waals surface area contributed by atoms with Gasteiger partial charge in [0.1, 0.15) is 0 Å². The van der Waals surface area contributed by atoms with Crippen molar-refractivity contribution >= 4 is 33.1 Å². The summed E-state index contributed by atoms with van der Waals surface area (Å²) >= 11 is 5.94. The van der Waals surface area contributed by atoms with Crippen molar-refractivity contribution in [1.82, 2.24) is 15.0 Å². The lowest BCUT2D eigenvalue weighted by molar-refractivity contribution is 0.102. The number of ether oxygens (including phenoxy) is 2. The van der Waals surface area contributed by atoms with E-state index in [2.05, 4.69) is 15.0 Å². The van der Waals surface area contributed by atoms with Gasteiger partial charge in [-0.2, -0.15) is 9.97 Å². The molecular weight excluding hydrogens is 379 g/mol. The van der Waals surface area contributed by atoms with Crippen LogP contribution in [0.3, 0.4) is 0 Å². The first-order valence-electron chi connectivity index (χ1n) is 6.55. The third-order valence-electron chi connectivity index (χ3n) is 2.82. The number of anilines is 1. The quantitative estimate of drug-likeness (QED) is 0.705. The number of nitrogens with zero attached hydrogens (tertiary/aromatic N) is 3. The molecule has 25 heavy (non-hydrogen) atoms. The molecular formula is C13H12ClFN4O5S. The van der Waals surface area contributed by atoms with Crippen molar-refractivity contribution in [1.29, 1.82) is 0 Å². The molecule has 134 valence electrons. The number of alkyl halides is 1. The number of carbonyl (C=O) groups excluding carboxylic acids is 1. The lowest BCUT2D eigenvalue weighted by atomic mass is 10.1. The van der Waals surface area contributed by atoms with E-state index in [1.54, 1.807) is 0 Å². The number of nitrogens with one attached hydrogen (secondary N) is 1. The molecule has 0 aliphatic carbocycles. The van der Waals surface area contributed by atoms with Crippen LogP contribution in [0.5, 0.6) is 12.0 Å². The summed E-state index contributed by atoms with van der Waals surface area (Å²) in [6, 6.07) is 2.00. The van der Waals surface area contributed by atoms with Crippen molar-refractivity contribution in [3.05, 3.63) is 34.6 Å². The molecule has 0 unspecified atom stereocenters. The number of halogens is 2. The van der Waals surface area contributed by atoms with Gasteiger partial charge >= 0.3 is 12.0 Å². The minimum Gasteiger partial charge on any atom is -0.467 e. The van der Waals surface area contributed by atoms with Gasteiger partial charge in [0.2, 0.25) is 17.6 Å². The van der Waals surface area contributed by atoms with Crippen molar-refractivity contribution in [2.24, 2.45) is 0 Å². The van der Waals surface area contributed by atoms with Crippen LogP contribution in [-0.4, -0.2) is 49.4 Å². The molecule has 0 spiro atoms. The molecule has 0 aliphatic heterocycles. The summed E-state index contributed by atoms with van der Waals surface area (Å²) in [6.07, 6.45) is 0. The second-order valence-electron chi connectivity index (χ2n) is 4.45. The summed E-state index contributed by atoms with van der Waals surface area (Å²) < 4.78 is 47.2. The molecule has 9 nitrogen and oxygen atoms in total. The fraction of sp³-hybridized carbons (Fsp3) is 0.231. The Kier molecular flexibility index (Phi) is 5.69. The van der Waals surface area contributed by atoms with Gasteiger partial charge in [0, 0.05) is 0 Å². The number of benzene rings is 1. The monoisotopic (exact) mass is 390 g/mol. The van der Waals surface area contributed by atoms with E-state index in [9.17, 15) is 17.6 Å². The molecule has 1 aromatic heterocycles. The zero-order valence-corrected chi connectivity index (χ0v) is 14.6. The van der Waals surface area contributed by atoms with Crippen molar-refractivity contribution in [2.75, 3.05) is 24.9 Å². The van der Waals surface area contributed by atoms with Gasteiger partial charge in [-0.1, -0.05) is 17.7 Å². The first kappa shape index (κ1) is 18.8. The highest BCUT2D eigenvalue weighted by Crippen LogP contribution is 2.29. The molecule has 0 saturated carbocycles. The van der Waals surface area contributed by atoms with Crippen molar-refractivity contribution in [3.8, 4) is 12.0 Å². The third kappa shape index (κ3) is 4.31. The number of rotatable bonds is 7. The minimum absolute atomic E-state index is 0.101. The predicted molar refractivity (Wildman–Crippen MR) is 86.3 cm³/mol. The van der Waals surface area contributed by atoms with Gasteiger partial charge in [0.25, 0.3) is 10.0 Å². The van der Waals surface area contributed by atoms with Gasteiger partial charge in [-0.3, -0.25) is 9.52 Å². The van der Waals surface area contributed by atoms with Gasteiger partial charge in [-0.15, -0.1) is 4.98 Å². The highest BCUT2D eigenvalue weighted by molar-refractivity contribution is 7.92. The Morgan fingerprint density at radius 2 is 1.80 bits per heavy atom. The van der Waals surface area contributed by atoms with Crippen LogP contribution < -0.4 is 14.2 Å². The van der Waals surface area contributed by atoms with Crippen LogP contribution in [0.2, 0.25) is 5.02 Å².